The Kier molecular flexibility index (Phi) is 14.9. The number of nitrogens with one attached hydrogen (secondary N) is 2. The molecular formula is C14H33IN4O2. The molecule has 128 valence electrons. The Bertz CT molecular complexity index is 276. The number of likely N-dealkylation sites (N-methyl/N-ethyl adjacent to an activating group) is 1. The Labute approximate surface area is 147 Å². The molecule has 0 rings (SSSR count). The van der Waals surface area contributed by atoms with Crippen LogP contribution >= 0.6 is 24.0 Å². The summed E-state index contributed by atoms with van der Waals surface area (Å²) >= 11 is 0. The van der Waals surface area contributed by atoms with E-state index in [4.69, 9.17) is 9.47 Å². The van der Waals surface area contributed by atoms with Gasteiger partial charge in [-0.2, -0.15) is 0 Å². The molecule has 0 aliphatic heterocycles. The summed E-state index contributed by atoms with van der Waals surface area (Å²) in [5, 5.41) is 6.57. The Hall–Kier alpha value is -0.120. The van der Waals surface area contributed by atoms with Crippen molar-refractivity contribution in [2.24, 2.45) is 4.99 Å². The van der Waals surface area contributed by atoms with Crippen molar-refractivity contribution in [2.45, 2.75) is 25.9 Å². The van der Waals surface area contributed by atoms with Gasteiger partial charge in [0.15, 0.2) is 5.96 Å². The van der Waals surface area contributed by atoms with Crippen LogP contribution in [-0.2, 0) is 9.47 Å². The molecule has 0 atom stereocenters. The fraction of sp³-hybridized carbons (Fsp3) is 0.929. The number of aliphatic imine (C=N–C) groups is 1. The first-order valence-electron chi connectivity index (χ1n) is 7.12. The van der Waals surface area contributed by atoms with Crippen LogP contribution in [0.2, 0.25) is 0 Å². The lowest BCUT2D eigenvalue weighted by Crippen LogP contribution is -2.45. The van der Waals surface area contributed by atoms with E-state index in [1.807, 2.05) is 13.8 Å². The van der Waals surface area contributed by atoms with E-state index in [9.17, 15) is 0 Å². The second-order valence-electron chi connectivity index (χ2n) is 5.47. The molecule has 0 aromatic rings. The maximum Gasteiger partial charge on any atom is 0.191 e. The maximum absolute atomic E-state index is 5.36. The van der Waals surface area contributed by atoms with E-state index in [0.29, 0.717) is 0 Å². The van der Waals surface area contributed by atoms with Gasteiger partial charge in [-0.3, -0.25) is 4.99 Å². The minimum absolute atomic E-state index is 0. The third-order valence-corrected chi connectivity index (χ3v) is 3.14. The third kappa shape index (κ3) is 13.3. The van der Waals surface area contributed by atoms with Crippen molar-refractivity contribution >= 4 is 29.9 Å². The van der Waals surface area contributed by atoms with Gasteiger partial charge in [0.05, 0.1) is 12.2 Å². The van der Waals surface area contributed by atoms with Gasteiger partial charge in [0.1, 0.15) is 0 Å². The number of rotatable bonds is 10. The van der Waals surface area contributed by atoms with E-state index in [2.05, 4.69) is 27.6 Å². The fourth-order valence-electron chi connectivity index (χ4n) is 1.50. The molecule has 0 aromatic heterocycles. The summed E-state index contributed by atoms with van der Waals surface area (Å²) in [6.45, 7) is 8.47. The molecule has 0 heterocycles. The van der Waals surface area contributed by atoms with E-state index < -0.39 is 0 Å². The van der Waals surface area contributed by atoms with Crippen molar-refractivity contribution in [3.63, 3.8) is 0 Å². The molecule has 0 spiro atoms. The predicted octanol–water partition coefficient (Wildman–Crippen LogP) is 1.16. The predicted molar refractivity (Wildman–Crippen MR) is 99.9 cm³/mol. The van der Waals surface area contributed by atoms with Crippen LogP contribution in [0.3, 0.4) is 0 Å². The van der Waals surface area contributed by atoms with Crippen molar-refractivity contribution in [3.05, 3.63) is 0 Å². The molecule has 0 aliphatic carbocycles. The standard InChI is InChI=1S/C14H32N4O2.HI/c1-14(2,20-6)12-17-13(15-3)16-8-7-9-18(4)10-11-19-5;/h7-12H2,1-6H3,(H2,15,16,17);1H. The van der Waals surface area contributed by atoms with Crippen molar-refractivity contribution in [2.75, 3.05) is 61.1 Å². The highest BCUT2D eigenvalue weighted by molar-refractivity contribution is 14.0. The minimum Gasteiger partial charge on any atom is -0.383 e. The molecule has 7 heteroatoms. The molecule has 0 aliphatic rings. The molecule has 21 heavy (non-hydrogen) atoms. The molecule has 2 N–H and O–H groups in total. The lowest BCUT2D eigenvalue weighted by Gasteiger charge is -2.24. The van der Waals surface area contributed by atoms with Crippen LogP contribution < -0.4 is 10.6 Å². The lowest BCUT2D eigenvalue weighted by molar-refractivity contribution is 0.0268. The summed E-state index contributed by atoms with van der Waals surface area (Å²) in [6, 6.07) is 0. The van der Waals surface area contributed by atoms with Gasteiger partial charge in [0, 0.05) is 40.9 Å². The monoisotopic (exact) mass is 416 g/mol. The fourth-order valence-corrected chi connectivity index (χ4v) is 1.50. The average Bonchev–Trinajstić information content (AvgIpc) is 2.44. The molecule has 0 aromatic carbocycles. The number of ether oxygens (including phenoxy) is 2. The normalized spacial score (nSPS) is 12.2. The van der Waals surface area contributed by atoms with Gasteiger partial charge in [-0.1, -0.05) is 0 Å². The summed E-state index contributed by atoms with van der Waals surface area (Å²) < 4.78 is 10.4. The number of halogens is 1. The molecule has 0 saturated carbocycles. The molecule has 0 saturated heterocycles. The number of methoxy groups -OCH3 is 2. The lowest BCUT2D eigenvalue weighted by atomic mass is 10.1. The first-order valence-corrected chi connectivity index (χ1v) is 7.12. The Morgan fingerprint density at radius 1 is 1.19 bits per heavy atom. The first-order chi connectivity index (χ1) is 9.45. The highest BCUT2D eigenvalue weighted by Gasteiger charge is 2.16. The average molecular weight is 416 g/mol. The van der Waals surface area contributed by atoms with Gasteiger partial charge in [-0.05, 0) is 33.9 Å². The molecule has 0 amide bonds. The Morgan fingerprint density at radius 2 is 1.86 bits per heavy atom. The van der Waals surface area contributed by atoms with Crippen LogP contribution in [-0.4, -0.2) is 77.6 Å². The molecule has 0 fully saturated rings. The topological polar surface area (TPSA) is 58.1 Å². The van der Waals surface area contributed by atoms with Gasteiger partial charge in [-0.15, -0.1) is 24.0 Å². The number of hydrogen-bond donors (Lipinski definition) is 2. The van der Waals surface area contributed by atoms with Crippen LogP contribution in [0.15, 0.2) is 4.99 Å². The number of nitrogens with zero attached hydrogens (tertiary/aromatic N) is 2. The Balaban J connectivity index is 0. The van der Waals surface area contributed by atoms with Gasteiger partial charge >= 0.3 is 0 Å². The zero-order valence-corrected chi connectivity index (χ0v) is 16.7. The number of hydrogen-bond acceptors (Lipinski definition) is 4. The summed E-state index contributed by atoms with van der Waals surface area (Å²) in [5.41, 5.74) is -0.196. The summed E-state index contributed by atoms with van der Waals surface area (Å²) in [4.78, 5) is 6.46. The van der Waals surface area contributed by atoms with E-state index in [1.165, 1.54) is 0 Å². The van der Waals surface area contributed by atoms with Gasteiger partial charge in [0.25, 0.3) is 0 Å². The van der Waals surface area contributed by atoms with Crippen LogP contribution in [0.25, 0.3) is 0 Å². The van der Waals surface area contributed by atoms with E-state index >= 15 is 0 Å². The highest BCUT2D eigenvalue weighted by atomic mass is 127. The van der Waals surface area contributed by atoms with Crippen molar-refractivity contribution in [1.29, 1.82) is 0 Å². The van der Waals surface area contributed by atoms with E-state index in [1.54, 1.807) is 21.3 Å². The van der Waals surface area contributed by atoms with E-state index in [0.717, 1.165) is 45.2 Å². The molecule has 0 unspecified atom stereocenters. The summed E-state index contributed by atoms with van der Waals surface area (Å²) in [7, 11) is 7.33. The molecule has 0 bridgehead atoms. The zero-order valence-electron chi connectivity index (χ0n) is 14.4. The Morgan fingerprint density at radius 3 is 2.38 bits per heavy atom. The quantitative estimate of drug-likeness (QED) is 0.242. The van der Waals surface area contributed by atoms with E-state index in [-0.39, 0.29) is 29.6 Å². The number of guanidine groups is 1. The molecule has 0 radical (unpaired) electrons. The largest absolute Gasteiger partial charge is 0.383 e. The van der Waals surface area contributed by atoms with Gasteiger partial charge in [0.2, 0.25) is 0 Å². The van der Waals surface area contributed by atoms with Crippen molar-refractivity contribution < 1.29 is 9.47 Å². The minimum atomic E-state index is -0.196. The maximum atomic E-state index is 5.36. The second kappa shape index (κ2) is 13.5. The van der Waals surface area contributed by atoms with Gasteiger partial charge < -0.3 is 25.0 Å². The van der Waals surface area contributed by atoms with Crippen LogP contribution in [0.4, 0.5) is 0 Å². The van der Waals surface area contributed by atoms with Crippen LogP contribution in [0, 0.1) is 0 Å². The first kappa shape index (κ1) is 23.2. The highest BCUT2D eigenvalue weighted by Crippen LogP contribution is 2.04. The molecular weight excluding hydrogens is 383 g/mol. The smallest absolute Gasteiger partial charge is 0.191 e. The molecule has 6 nitrogen and oxygen atoms in total. The zero-order chi connectivity index (χ0) is 15.4. The SMILES string of the molecule is CN=C(NCCCN(C)CCOC)NCC(C)(C)OC.I. The second-order valence-corrected chi connectivity index (χ2v) is 5.47. The van der Waals surface area contributed by atoms with Crippen molar-refractivity contribution in [3.8, 4) is 0 Å². The summed E-state index contributed by atoms with van der Waals surface area (Å²) in [5.74, 6) is 0.815. The van der Waals surface area contributed by atoms with Crippen LogP contribution in [0.5, 0.6) is 0 Å². The van der Waals surface area contributed by atoms with Crippen LogP contribution in [0.1, 0.15) is 20.3 Å². The third-order valence-electron chi connectivity index (χ3n) is 3.14. The van der Waals surface area contributed by atoms with Gasteiger partial charge in [-0.25, -0.2) is 0 Å². The summed E-state index contributed by atoms with van der Waals surface area (Å²) in [6.07, 6.45) is 1.06. The van der Waals surface area contributed by atoms with Crippen molar-refractivity contribution in [1.82, 2.24) is 15.5 Å².